The van der Waals surface area contributed by atoms with Gasteiger partial charge in [-0.2, -0.15) is 24.9 Å². The van der Waals surface area contributed by atoms with Gasteiger partial charge >= 0.3 is 12.1 Å². The highest BCUT2D eigenvalue weighted by Crippen LogP contribution is 2.34. The predicted molar refractivity (Wildman–Crippen MR) is 68.8 cm³/mol. The Morgan fingerprint density at radius 2 is 2.00 bits per heavy atom. The number of rotatable bonds is 5. The van der Waals surface area contributed by atoms with Crippen LogP contribution in [0.2, 0.25) is 0 Å². The largest absolute Gasteiger partial charge is 0.469 e. The molecule has 1 atom stereocenters. The van der Waals surface area contributed by atoms with Crippen molar-refractivity contribution in [2.75, 3.05) is 7.11 Å². The van der Waals surface area contributed by atoms with Crippen LogP contribution in [0.1, 0.15) is 24.5 Å². The van der Waals surface area contributed by atoms with Crippen molar-refractivity contribution in [3.05, 3.63) is 35.4 Å². The van der Waals surface area contributed by atoms with Gasteiger partial charge in [0.25, 0.3) is 0 Å². The second kappa shape index (κ2) is 6.84. The topological polar surface area (TPSA) is 26.3 Å². The zero-order valence-electron chi connectivity index (χ0n) is 10.7. The Balaban J connectivity index is 2.66. The second-order valence-electron chi connectivity index (χ2n) is 4.06. The summed E-state index contributed by atoms with van der Waals surface area (Å²) in [6.45, 7) is 1.79. The van der Waals surface area contributed by atoms with Gasteiger partial charge in [-0.15, -0.1) is 0 Å². The molecule has 1 unspecified atom stereocenters. The molecule has 1 rings (SSSR count). The monoisotopic (exact) mass is 292 g/mol. The average molecular weight is 292 g/mol. The number of ether oxygens (including phenoxy) is 1. The van der Waals surface area contributed by atoms with Crippen LogP contribution in [0.3, 0.4) is 0 Å². The maximum absolute atomic E-state index is 12.8. The number of hydrogen-bond acceptors (Lipinski definition) is 3. The molecule has 0 heterocycles. The third-order valence-electron chi connectivity index (χ3n) is 2.53. The minimum Gasteiger partial charge on any atom is -0.469 e. The molecule has 0 saturated carbocycles. The van der Waals surface area contributed by atoms with Gasteiger partial charge in [0.05, 0.1) is 19.1 Å². The lowest BCUT2D eigenvalue weighted by molar-refractivity contribution is -0.140. The quantitative estimate of drug-likeness (QED) is 0.770. The first-order chi connectivity index (χ1) is 8.84. The summed E-state index contributed by atoms with van der Waals surface area (Å²) in [5.74, 6) is -0.141. The van der Waals surface area contributed by atoms with Crippen molar-refractivity contribution >= 4 is 17.7 Å². The van der Waals surface area contributed by atoms with E-state index in [0.29, 0.717) is 0 Å². The standard InChI is InChI=1S/C13H15F3O2S/c1-9(7-12(17)18-2)19-8-10-5-3-4-6-11(10)13(14,15)16/h3-6,9H,7-8H2,1-2H3. The molecule has 0 radical (unpaired) electrons. The Hall–Kier alpha value is -1.17. The molecule has 6 heteroatoms. The minimum atomic E-state index is -4.34. The van der Waals surface area contributed by atoms with Crippen molar-refractivity contribution in [3.63, 3.8) is 0 Å². The van der Waals surface area contributed by atoms with E-state index in [4.69, 9.17) is 0 Å². The number of thioether (sulfide) groups is 1. The van der Waals surface area contributed by atoms with Crippen LogP contribution >= 0.6 is 11.8 Å². The summed E-state index contributed by atoms with van der Waals surface area (Å²) in [5, 5.41) is -0.0891. The maximum atomic E-state index is 12.8. The average Bonchev–Trinajstić information content (AvgIpc) is 2.35. The number of esters is 1. The fourth-order valence-electron chi connectivity index (χ4n) is 1.53. The number of methoxy groups -OCH3 is 1. The zero-order chi connectivity index (χ0) is 14.5. The van der Waals surface area contributed by atoms with Gasteiger partial charge in [0.1, 0.15) is 0 Å². The van der Waals surface area contributed by atoms with Crippen LogP contribution in [0.25, 0.3) is 0 Å². The summed E-state index contributed by atoms with van der Waals surface area (Å²) >= 11 is 1.30. The molecule has 0 fully saturated rings. The molecule has 0 spiro atoms. The van der Waals surface area contributed by atoms with Crippen LogP contribution in [0, 0.1) is 0 Å². The normalized spacial score (nSPS) is 13.1. The van der Waals surface area contributed by atoms with Crippen LogP contribution in [0.4, 0.5) is 13.2 Å². The number of carbonyl (C=O) groups is 1. The van der Waals surface area contributed by atoms with Crippen molar-refractivity contribution in [1.82, 2.24) is 0 Å². The lowest BCUT2D eigenvalue weighted by atomic mass is 10.1. The molecule has 2 nitrogen and oxygen atoms in total. The van der Waals surface area contributed by atoms with E-state index >= 15 is 0 Å². The highest BCUT2D eigenvalue weighted by Gasteiger charge is 2.32. The smallest absolute Gasteiger partial charge is 0.416 e. The van der Waals surface area contributed by atoms with E-state index in [-0.39, 0.29) is 29.0 Å². The zero-order valence-corrected chi connectivity index (χ0v) is 11.5. The summed E-state index contributed by atoms with van der Waals surface area (Å²) < 4.78 is 42.8. The number of alkyl halides is 3. The molecule has 1 aromatic rings. The molecule has 0 aliphatic heterocycles. The molecular weight excluding hydrogens is 277 g/mol. The van der Waals surface area contributed by atoms with Gasteiger partial charge in [-0.05, 0) is 11.6 Å². The third-order valence-corrected chi connectivity index (χ3v) is 3.74. The van der Waals surface area contributed by atoms with Crippen LogP contribution < -0.4 is 0 Å². The van der Waals surface area contributed by atoms with E-state index in [1.54, 1.807) is 13.0 Å². The lowest BCUT2D eigenvalue weighted by Gasteiger charge is -2.14. The summed E-state index contributed by atoms with van der Waals surface area (Å²) in [6.07, 6.45) is -4.15. The van der Waals surface area contributed by atoms with Gasteiger partial charge in [0.2, 0.25) is 0 Å². The Morgan fingerprint density at radius 3 is 2.58 bits per heavy atom. The SMILES string of the molecule is COC(=O)CC(C)SCc1ccccc1C(F)(F)F. The first kappa shape index (κ1) is 15.9. The fourth-order valence-corrected chi connectivity index (χ4v) is 2.50. The molecular formula is C13H15F3O2S. The van der Waals surface area contributed by atoms with E-state index in [0.717, 1.165) is 6.07 Å². The van der Waals surface area contributed by atoms with Crippen molar-refractivity contribution in [1.29, 1.82) is 0 Å². The molecule has 0 aliphatic rings. The number of hydrogen-bond donors (Lipinski definition) is 0. The van der Waals surface area contributed by atoms with Crippen molar-refractivity contribution in [3.8, 4) is 0 Å². The maximum Gasteiger partial charge on any atom is 0.416 e. The molecule has 0 aliphatic carbocycles. The second-order valence-corrected chi connectivity index (χ2v) is 5.48. The van der Waals surface area contributed by atoms with Gasteiger partial charge in [-0.3, -0.25) is 4.79 Å². The van der Waals surface area contributed by atoms with Crippen molar-refractivity contribution in [2.24, 2.45) is 0 Å². The van der Waals surface area contributed by atoms with Gasteiger partial charge in [-0.25, -0.2) is 0 Å². The Bertz CT molecular complexity index is 432. The number of halogens is 3. The molecule has 0 N–H and O–H groups in total. The van der Waals surface area contributed by atoms with E-state index in [9.17, 15) is 18.0 Å². The van der Waals surface area contributed by atoms with Gasteiger partial charge in [-0.1, -0.05) is 25.1 Å². The number of carbonyl (C=O) groups excluding carboxylic acids is 1. The molecule has 106 valence electrons. The van der Waals surface area contributed by atoms with Crippen molar-refractivity contribution in [2.45, 2.75) is 30.5 Å². The molecule has 19 heavy (non-hydrogen) atoms. The predicted octanol–water partition coefficient (Wildman–Crippen LogP) is 3.89. The molecule has 0 amide bonds. The molecule has 0 saturated heterocycles. The fraction of sp³-hybridized carbons (Fsp3) is 0.462. The number of benzene rings is 1. The highest BCUT2D eigenvalue weighted by molar-refractivity contribution is 7.99. The molecule has 1 aromatic carbocycles. The summed E-state index contributed by atoms with van der Waals surface area (Å²) in [7, 11) is 1.29. The van der Waals surface area contributed by atoms with E-state index < -0.39 is 11.7 Å². The van der Waals surface area contributed by atoms with E-state index in [1.807, 2.05) is 0 Å². The highest BCUT2D eigenvalue weighted by atomic mass is 32.2. The minimum absolute atomic E-state index is 0.0891. The van der Waals surface area contributed by atoms with Gasteiger partial charge < -0.3 is 4.74 Å². The first-order valence-corrected chi connectivity index (χ1v) is 6.73. The van der Waals surface area contributed by atoms with Crippen LogP contribution in [-0.2, 0) is 21.5 Å². The summed E-state index contributed by atoms with van der Waals surface area (Å²) in [5.41, 5.74) is -0.385. The summed E-state index contributed by atoms with van der Waals surface area (Å²) in [6, 6.07) is 5.48. The van der Waals surface area contributed by atoms with E-state index in [1.165, 1.54) is 31.0 Å². The van der Waals surface area contributed by atoms with Crippen molar-refractivity contribution < 1.29 is 22.7 Å². The third kappa shape index (κ3) is 5.14. The van der Waals surface area contributed by atoms with Crippen LogP contribution in [0.5, 0.6) is 0 Å². The first-order valence-electron chi connectivity index (χ1n) is 5.68. The van der Waals surface area contributed by atoms with Crippen LogP contribution in [-0.4, -0.2) is 18.3 Å². The molecule has 0 bridgehead atoms. The van der Waals surface area contributed by atoms with E-state index in [2.05, 4.69) is 4.74 Å². The lowest BCUT2D eigenvalue weighted by Crippen LogP contribution is -2.11. The molecule has 0 aromatic heterocycles. The van der Waals surface area contributed by atoms with Gasteiger partial charge in [0.15, 0.2) is 0 Å². The van der Waals surface area contributed by atoms with Crippen LogP contribution in [0.15, 0.2) is 24.3 Å². The summed E-state index contributed by atoms with van der Waals surface area (Å²) in [4.78, 5) is 11.0. The Kier molecular flexibility index (Phi) is 5.72. The Morgan fingerprint density at radius 1 is 1.37 bits per heavy atom. The van der Waals surface area contributed by atoms with Gasteiger partial charge in [0, 0.05) is 11.0 Å². The Labute approximate surface area is 114 Å².